The molecule has 1 fully saturated rings. The fraction of sp³-hybridized carbons (Fsp3) is 0.548. The summed E-state index contributed by atoms with van der Waals surface area (Å²) in [6, 6.07) is 12.7. The van der Waals surface area contributed by atoms with Crippen LogP contribution in [0.25, 0.3) is 0 Å². The van der Waals surface area contributed by atoms with E-state index in [1.165, 1.54) is 26.4 Å². The number of nitrogens with zero attached hydrogens (tertiary/aromatic N) is 3. The minimum Gasteiger partial charge on any atom is -0.494 e. The fourth-order valence-corrected chi connectivity index (χ4v) is 4.91. The van der Waals surface area contributed by atoms with Gasteiger partial charge in [0.15, 0.2) is 0 Å². The third-order valence-electron chi connectivity index (χ3n) is 7.31. The Morgan fingerprint density at radius 2 is 1.77 bits per heavy atom. The Kier molecular flexibility index (Phi) is 12.7. The van der Waals surface area contributed by atoms with Gasteiger partial charge in [-0.05, 0) is 88.4 Å². The first-order chi connectivity index (χ1) is 18.9. The number of carbonyl (C=O) groups excluding carboxylic acids is 2. The highest BCUT2D eigenvalue weighted by Gasteiger charge is 2.17. The van der Waals surface area contributed by atoms with Crippen molar-refractivity contribution in [3.05, 3.63) is 59.2 Å². The predicted octanol–water partition coefficient (Wildman–Crippen LogP) is 4.75. The number of likely N-dealkylation sites (N-methyl/N-ethyl adjacent to an activating group) is 2. The zero-order valence-electron chi connectivity index (χ0n) is 24.2. The molecule has 1 aliphatic heterocycles. The highest BCUT2D eigenvalue weighted by molar-refractivity contribution is 6.08. The summed E-state index contributed by atoms with van der Waals surface area (Å²) < 4.78 is 10.9. The smallest absolute Gasteiger partial charge is 0.340 e. The Labute approximate surface area is 234 Å². The van der Waals surface area contributed by atoms with E-state index in [4.69, 9.17) is 9.47 Å². The summed E-state index contributed by atoms with van der Waals surface area (Å²) in [5.41, 5.74) is 2.27. The number of hydrogen-bond acceptors (Lipinski definition) is 7. The quantitative estimate of drug-likeness (QED) is 0.259. The van der Waals surface area contributed by atoms with Gasteiger partial charge < -0.3 is 29.5 Å². The van der Waals surface area contributed by atoms with Crippen LogP contribution >= 0.6 is 0 Å². The van der Waals surface area contributed by atoms with Gasteiger partial charge in [0.05, 0.1) is 25.0 Å². The lowest BCUT2D eigenvalue weighted by molar-refractivity contribution is 0.0601. The predicted molar refractivity (Wildman–Crippen MR) is 157 cm³/mol. The van der Waals surface area contributed by atoms with E-state index in [2.05, 4.69) is 40.9 Å². The number of methoxy groups -OCH3 is 1. The summed E-state index contributed by atoms with van der Waals surface area (Å²) in [6.07, 6.45) is 4.79. The molecular formula is C31H46N4O4. The van der Waals surface area contributed by atoms with Crippen LogP contribution in [-0.2, 0) is 11.3 Å². The van der Waals surface area contributed by atoms with Crippen LogP contribution in [0, 0.1) is 0 Å². The molecule has 0 saturated carbocycles. The number of likely N-dealkylation sites (tertiary alicyclic amines) is 1. The van der Waals surface area contributed by atoms with Gasteiger partial charge in [-0.25, -0.2) is 4.79 Å². The maximum atomic E-state index is 13.1. The van der Waals surface area contributed by atoms with Gasteiger partial charge >= 0.3 is 5.97 Å². The van der Waals surface area contributed by atoms with Crippen molar-refractivity contribution < 1.29 is 19.1 Å². The van der Waals surface area contributed by atoms with Crippen molar-refractivity contribution in [3.63, 3.8) is 0 Å². The van der Waals surface area contributed by atoms with Crippen LogP contribution in [0.4, 0.5) is 5.69 Å². The molecule has 1 amide bonds. The molecule has 0 spiro atoms. The third-order valence-corrected chi connectivity index (χ3v) is 7.31. The van der Waals surface area contributed by atoms with Crippen molar-refractivity contribution in [1.29, 1.82) is 0 Å². The molecule has 1 N–H and O–H groups in total. The molecular weight excluding hydrogens is 492 g/mol. The number of anilines is 1. The van der Waals surface area contributed by atoms with E-state index in [0.29, 0.717) is 23.6 Å². The van der Waals surface area contributed by atoms with Crippen molar-refractivity contribution >= 4 is 17.6 Å². The van der Waals surface area contributed by atoms with Crippen molar-refractivity contribution in [1.82, 2.24) is 14.7 Å². The number of carbonyl (C=O) groups is 2. The number of ether oxygens (including phenoxy) is 2. The molecule has 8 heteroatoms. The highest BCUT2D eigenvalue weighted by atomic mass is 16.5. The molecule has 1 aliphatic rings. The fourth-order valence-electron chi connectivity index (χ4n) is 4.91. The molecule has 0 aliphatic carbocycles. The minimum atomic E-state index is -0.521. The Morgan fingerprint density at radius 3 is 2.49 bits per heavy atom. The summed E-state index contributed by atoms with van der Waals surface area (Å²) in [6.45, 7) is 13.1. The van der Waals surface area contributed by atoms with Crippen LogP contribution in [0.3, 0.4) is 0 Å². The average molecular weight is 539 g/mol. The first kappa shape index (κ1) is 30.6. The monoisotopic (exact) mass is 538 g/mol. The normalized spacial score (nSPS) is 14.0. The van der Waals surface area contributed by atoms with E-state index in [-0.39, 0.29) is 11.5 Å². The molecule has 2 aromatic carbocycles. The lowest BCUT2D eigenvalue weighted by atomic mass is 10.1. The van der Waals surface area contributed by atoms with Crippen LogP contribution in [0.15, 0.2) is 42.5 Å². The van der Waals surface area contributed by atoms with Crippen LogP contribution < -0.4 is 10.1 Å². The molecule has 1 heterocycles. The van der Waals surface area contributed by atoms with Crippen molar-refractivity contribution in [2.75, 3.05) is 71.9 Å². The number of rotatable bonds is 15. The molecule has 3 rings (SSSR count). The molecule has 214 valence electrons. The van der Waals surface area contributed by atoms with Crippen molar-refractivity contribution in [2.24, 2.45) is 0 Å². The molecule has 0 atom stereocenters. The maximum absolute atomic E-state index is 13.1. The first-order valence-electron chi connectivity index (χ1n) is 14.3. The lowest BCUT2D eigenvalue weighted by Gasteiger charge is -2.26. The van der Waals surface area contributed by atoms with Gasteiger partial charge in [-0.1, -0.05) is 32.4 Å². The van der Waals surface area contributed by atoms with Gasteiger partial charge in [-0.2, -0.15) is 0 Å². The number of piperidine rings is 1. The summed E-state index contributed by atoms with van der Waals surface area (Å²) in [7, 11) is 3.43. The van der Waals surface area contributed by atoms with E-state index in [1.807, 2.05) is 18.2 Å². The highest BCUT2D eigenvalue weighted by Crippen LogP contribution is 2.24. The first-order valence-corrected chi connectivity index (χ1v) is 14.3. The molecule has 39 heavy (non-hydrogen) atoms. The number of benzene rings is 2. The molecule has 8 nitrogen and oxygen atoms in total. The molecule has 2 aromatic rings. The van der Waals surface area contributed by atoms with Crippen LogP contribution in [0.1, 0.15) is 65.8 Å². The molecule has 0 aromatic heterocycles. The molecule has 1 saturated heterocycles. The average Bonchev–Trinajstić information content (AvgIpc) is 2.96. The van der Waals surface area contributed by atoms with E-state index in [1.54, 1.807) is 24.3 Å². The van der Waals surface area contributed by atoms with Gasteiger partial charge in [-0.3, -0.25) is 4.79 Å². The molecule has 0 bridgehead atoms. The zero-order chi connectivity index (χ0) is 28.0. The zero-order valence-corrected chi connectivity index (χ0v) is 24.2. The van der Waals surface area contributed by atoms with Gasteiger partial charge in [-0.15, -0.1) is 0 Å². The Bertz CT molecular complexity index is 1050. The van der Waals surface area contributed by atoms with Gasteiger partial charge in [0.2, 0.25) is 0 Å². The van der Waals surface area contributed by atoms with Gasteiger partial charge in [0.25, 0.3) is 5.91 Å². The summed E-state index contributed by atoms with van der Waals surface area (Å²) >= 11 is 0. The topological polar surface area (TPSA) is 74.4 Å². The lowest BCUT2D eigenvalue weighted by Crippen LogP contribution is -2.32. The number of esters is 1. The van der Waals surface area contributed by atoms with Crippen molar-refractivity contribution in [3.8, 4) is 5.75 Å². The third kappa shape index (κ3) is 9.95. The number of hydrogen-bond donors (Lipinski definition) is 1. The van der Waals surface area contributed by atoms with E-state index in [0.717, 1.165) is 64.3 Å². The van der Waals surface area contributed by atoms with E-state index >= 15 is 0 Å². The van der Waals surface area contributed by atoms with Gasteiger partial charge in [0.1, 0.15) is 5.75 Å². The minimum absolute atomic E-state index is 0.270. The van der Waals surface area contributed by atoms with Gasteiger partial charge in [0, 0.05) is 31.7 Å². The maximum Gasteiger partial charge on any atom is 0.340 e. The summed E-state index contributed by atoms with van der Waals surface area (Å²) in [5.74, 6) is -0.211. The number of amides is 1. The second-order valence-electron chi connectivity index (χ2n) is 10.2. The van der Waals surface area contributed by atoms with E-state index in [9.17, 15) is 9.59 Å². The Morgan fingerprint density at radius 1 is 1.00 bits per heavy atom. The second-order valence-corrected chi connectivity index (χ2v) is 10.2. The SMILES string of the molecule is CCN(CC)CCN(C)Cc1cccc(C(=O)Nc2ccc(OCCCN3CCCCC3)cc2C(=O)OC)c1. The van der Waals surface area contributed by atoms with Crippen LogP contribution in [-0.4, -0.2) is 93.2 Å². The largest absolute Gasteiger partial charge is 0.494 e. The second kappa shape index (κ2) is 16.2. The van der Waals surface area contributed by atoms with Crippen LogP contribution in [0.5, 0.6) is 5.75 Å². The standard InChI is InChI=1S/C31H46N4O4/c1-5-34(6-2)20-19-33(3)24-25-12-10-13-26(22-25)30(36)32-29-15-14-27(23-28(29)31(37)38-4)39-21-11-18-35-16-8-7-9-17-35/h10,12-15,22-23H,5-9,11,16-21,24H2,1-4H3,(H,32,36). The van der Waals surface area contributed by atoms with Crippen molar-refractivity contribution in [2.45, 2.75) is 46.1 Å². The summed E-state index contributed by atoms with van der Waals surface area (Å²) in [4.78, 5) is 32.8. The van der Waals surface area contributed by atoms with Crippen LogP contribution in [0.2, 0.25) is 0 Å². The Hall–Kier alpha value is -2.94. The molecule has 0 unspecified atom stereocenters. The summed E-state index contributed by atoms with van der Waals surface area (Å²) in [5, 5.41) is 2.89. The Balaban J connectivity index is 1.59. The molecule has 0 radical (unpaired) electrons. The van der Waals surface area contributed by atoms with E-state index < -0.39 is 5.97 Å². The number of nitrogens with one attached hydrogen (secondary N) is 1.